The van der Waals surface area contributed by atoms with E-state index < -0.39 is 0 Å². The fourth-order valence-corrected chi connectivity index (χ4v) is 2.89. The van der Waals surface area contributed by atoms with Crippen molar-refractivity contribution in [3.63, 3.8) is 0 Å². The molecule has 0 radical (unpaired) electrons. The minimum absolute atomic E-state index is 0.345. The number of hydrogen-bond donors (Lipinski definition) is 2. The van der Waals surface area contributed by atoms with Gasteiger partial charge in [0.2, 0.25) is 0 Å². The molecule has 1 aromatic heterocycles. The van der Waals surface area contributed by atoms with Gasteiger partial charge in [0.1, 0.15) is 0 Å². The summed E-state index contributed by atoms with van der Waals surface area (Å²) in [4.78, 5) is 26.3. The number of thiophene rings is 1. The largest absolute Gasteiger partial charge is 0.378 e. The highest BCUT2D eigenvalue weighted by atomic mass is 79.9. The standard InChI is InChI=1S/C14H14BrN3O2S/c1-18(2)10-5-3-4-9(8-10)13(19)16-17-14(20)11-6-7-12(15)21-11/h3-8H,1-2H3,(H,16,19)(H,17,20). The summed E-state index contributed by atoms with van der Waals surface area (Å²) in [5.41, 5.74) is 6.20. The molecule has 0 aliphatic heterocycles. The van der Waals surface area contributed by atoms with Crippen molar-refractivity contribution in [2.24, 2.45) is 0 Å². The number of hydrazine groups is 1. The second-order valence-corrected chi connectivity index (χ2v) is 6.92. The number of nitrogens with zero attached hydrogens (tertiary/aromatic N) is 1. The number of nitrogens with one attached hydrogen (secondary N) is 2. The third kappa shape index (κ3) is 4.05. The van der Waals surface area contributed by atoms with Gasteiger partial charge in [0.25, 0.3) is 11.8 Å². The average Bonchev–Trinajstić information content (AvgIpc) is 2.91. The number of carbonyl (C=O) groups is 2. The van der Waals surface area contributed by atoms with Gasteiger partial charge in [-0.1, -0.05) is 6.07 Å². The van der Waals surface area contributed by atoms with E-state index in [0.717, 1.165) is 9.47 Å². The lowest BCUT2D eigenvalue weighted by Gasteiger charge is -2.13. The highest BCUT2D eigenvalue weighted by Gasteiger charge is 2.11. The van der Waals surface area contributed by atoms with E-state index in [9.17, 15) is 9.59 Å². The first kappa shape index (κ1) is 15.5. The molecular weight excluding hydrogens is 354 g/mol. The third-order valence-electron chi connectivity index (χ3n) is 2.71. The summed E-state index contributed by atoms with van der Waals surface area (Å²) in [6.07, 6.45) is 0. The monoisotopic (exact) mass is 367 g/mol. The van der Waals surface area contributed by atoms with Gasteiger partial charge in [0.15, 0.2) is 0 Å². The first-order valence-electron chi connectivity index (χ1n) is 6.11. The van der Waals surface area contributed by atoms with Gasteiger partial charge < -0.3 is 4.90 Å². The van der Waals surface area contributed by atoms with E-state index >= 15 is 0 Å². The van der Waals surface area contributed by atoms with Crippen LogP contribution in [0.2, 0.25) is 0 Å². The number of hydrogen-bond acceptors (Lipinski definition) is 4. The molecule has 1 heterocycles. The molecule has 21 heavy (non-hydrogen) atoms. The predicted molar refractivity (Wildman–Crippen MR) is 87.7 cm³/mol. The molecule has 5 nitrogen and oxygen atoms in total. The van der Waals surface area contributed by atoms with Crippen molar-refractivity contribution in [1.29, 1.82) is 0 Å². The Kier molecular flexibility index (Phi) is 4.98. The summed E-state index contributed by atoms with van der Waals surface area (Å²) in [5.74, 6) is -0.703. The smallest absolute Gasteiger partial charge is 0.279 e. The molecule has 1 aromatic carbocycles. The molecule has 0 saturated carbocycles. The Morgan fingerprint density at radius 2 is 1.81 bits per heavy atom. The molecule has 0 aliphatic rings. The van der Waals surface area contributed by atoms with Crippen LogP contribution in [0.3, 0.4) is 0 Å². The number of halogens is 1. The lowest BCUT2D eigenvalue weighted by Crippen LogP contribution is -2.41. The fraction of sp³-hybridized carbons (Fsp3) is 0.143. The summed E-state index contributed by atoms with van der Waals surface area (Å²) in [6.45, 7) is 0. The Balaban J connectivity index is 1.98. The van der Waals surface area contributed by atoms with Crippen molar-refractivity contribution in [3.05, 3.63) is 50.6 Å². The van der Waals surface area contributed by atoms with E-state index in [1.165, 1.54) is 11.3 Å². The molecular formula is C14H14BrN3O2S. The summed E-state index contributed by atoms with van der Waals surface area (Å²) in [7, 11) is 3.79. The maximum absolute atomic E-state index is 12.0. The van der Waals surface area contributed by atoms with Gasteiger partial charge in [-0.05, 0) is 46.3 Å². The Bertz CT molecular complexity index is 670. The number of amides is 2. The summed E-state index contributed by atoms with van der Waals surface area (Å²) in [5, 5.41) is 0. The molecule has 0 saturated heterocycles. The molecule has 0 fully saturated rings. The van der Waals surface area contributed by atoms with Gasteiger partial charge in [0, 0.05) is 25.3 Å². The quantitative estimate of drug-likeness (QED) is 0.819. The van der Waals surface area contributed by atoms with Gasteiger partial charge in [-0.3, -0.25) is 20.4 Å². The highest BCUT2D eigenvalue weighted by Crippen LogP contribution is 2.21. The molecule has 2 rings (SSSR count). The van der Waals surface area contributed by atoms with Crippen LogP contribution in [0, 0.1) is 0 Å². The Labute approximate surface area is 135 Å². The van der Waals surface area contributed by atoms with E-state index in [-0.39, 0.29) is 11.8 Å². The van der Waals surface area contributed by atoms with Crippen molar-refractivity contribution in [2.75, 3.05) is 19.0 Å². The molecule has 110 valence electrons. The predicted octanol–water partition coefficient (Wildman–Crippen LogP) is 2.65. The molecule has 2 aromatic rings. The van der Waals surface area contributed by atoms with E-state index in [0.29, 0.717) is 10.4 Å². The summed E-state index contributed by atoms with van der Waals surface area (Å²) in [6, 6.07) is 10.6. The first-order valence-corrected chi connectivity index (χ1v) is 7.72. The first-order chi connectivity index (χ1) is 9.97. The van der Waals surface area contributed by atoms with Crippen molar-refractivity contribution < 1.29 is 9.59 Å². The minimum Gasteiger partial charge on any atom is -0.378 e. The zero-order chi connectivity index (χ0) is 15.4. The SMILES string of the molecule is CN(C)c1cccc(C(=O)NNC(=O)c2ccc(Br)s2)c1. The van der Waals surface area contributed by atoms with Crippen molar-refractivity contribution in [2.45, 2.75) is 0 Å². The molecule has 0 atom stereocenters. The van der Waals surface area contributed by atoms with Crippen LogP contribution in [0.15, 0.2) is 40.2 Å². The number of rotatable bonds is 3. The van der Waals surface area contributed by atoms with Crippen LogP contribution in [0.4, 0.5) is 5.69 Å². The van der Waals surface area contributed by atoms with Crippen molar-refractivity contribution >= 4 is 44.8 Å². The van der Waals surface area contributed by atoms with Crippen LogP contribution in [-0.2, 0) is 0 Å². The van der Waals surface area contributed by atoms with Gasteiger partial charge in [-0.15, -0.1) is 11.3 Å². The average molecular weight is 368 g/mol. The van der Waals surface area contributed by atoms with Gasteiger partial charge in [-0.25, -0.2) is 0 Å². The Morgan fingerprint density at radius 3 is 2.43 bits per heavy atom. The van der Waals surface area contributed by atoms with Crippen LogP contribution in [0.25, 0.3) is 0 Å². The number of anilines is 1. The second-order valence-electron chi connectivity index (χ2n) is 4.46. The second kappa shape index (κ2) is 6.73. The molecule has 7 heteroatoms. The van der Waals surface area contributed by atoms with E-state index in [1.807, 2.05) is 25.1 Å². The molecule has 2 N–H and O–H groups in total. The van der Waals surface area contributed by atoms with Gasteiger partial charge in [0.05, 0.1) is 8.66 Å². The van der Waals surface area contributed by atoms with Gasteiger partial charge >= 0.3 is 0 Å². The van der Waals surface area contributed by atoms with Crippen molar-refractivity contribution in [1.82, 2.24) is 10.9 Å². The Morgan fingerprint density at radius 1 is 1.10 bits per heavy atom. The van der Waals surface area contributed by atoms with Crippen LogP contribution < -0.4 is 15.8 Å². The topological polar surface area (TPSA) is 61.4 Å². The molecule has 2 amide bonds. The van der Waals surface area contributed by atoms with E-state index in [4.69, 9.17) is 0 Å². The fourth-order valence-electron chi connectivity index (χ4n) is 1.61. The third-order valence-corrected chi connectivity index (χ3v) is 4.33. The number of benzene rings is 1. The van der Waals surface area contributed by atoms with Crippen molar-refractivity contribution in [3.8, 4) is 0 Å². The van der Waals surface area contributed by atoms with Crippen LogP contribution >= 0.6 is 27.3 Å². The normalized spacial score (nSPS) is 10.0. The number of carbonyl (C=O) groups excluding carboxylic acids is 2. The van der Waals surface area contributed by atoms with E-state index in [1.54, 1.807) is 30.3 Å². The van der Waals surface area contributed by atoms with Crippen LogP contribution in [0.1, 0.15) is 20.0 Å². The zero-order valence-corrected chi connectivity index (χ0v) is 13.9. The maximum Gasteiger partial charge on any atom is 0.279 e. The minimum atomic E-state index is -0.359. The maximum atomic E-state index is 12.0. The van der Waals surface area contributed by atoms with E-state index in [2.05, 4.69) is 26.8 Å². The zero-order valence-electron chi connectivity index (χ0n) is 11.5. The highest BCUT2D eigenvalue weighted by molar-refractivity contribution is 9.11. The van der Waals surface area contributed by atoms with Gasteiger partial charge in [-0.2, -0.15) is 0 Å². The molecule has 0 bridgehead atoms. The molecule has 0 spiro atoms. The van der Waals surface area contributed by atoms with Crippen LogP contribution in [-0.4, -0.2) is 25.9 Å². The lowest BCUT2D eigenvalue weighted by atomic mass is 10.2. The summed E-state index contributed by atoms with van der Waals surface area (Å²) < 4.78 is 0.859. The Hall–Kier alpha value is -1.86. The van der Waals surface area contributed by atoms with Crippen LogP contribution in [0.5, 0.6) is 0 Å². The molecule has 0 unspecified atom stereocenters. The summed E-state index contributed by atoms with van der Waals surface area (Å²) >= 11 is 4.58. The molecule has 0 aliphatic carbocycles. The lowest BCUT2D eigenvalue weighted by molar-refractivity contribution is 0.0849.